The second-order valence-electron chi connectivity index (χ2n) is 1.81. The van der Waals surface area contributed by atoms with Crippen LogP contribution in [-0.4, -0.2) is 29.5 Å². The van der Waals surface area contributed by atoms with E-state index in [1.54, 1.807) is 0 Å². The highest BCUT2D eigenvalue weighted by molar-refractivity contribution is 5.85. The summed E-state index contributed by atoms with van der Waals surface area (Å²) in [6.07, 6.45) is 1.38. The molecule has 0 bridgehead atoms. The summed E-state index contributed by atoms with van der Waals surface area (Å²) in [4.78, 5) is 0. The van der Waals surface area contributed by atoms with Gasteiger partial charge in [-0.25, -0.2) is 0 Å². The van der Waals surface area contributed by atoms with Gasteiger partial charge in [0, 0.05) is 12.6 Å². The van der Waals surface area contributed by atoms with Crippen LogP contribution in [0.4, 0.5) is 0 Å². The zero-order valence-corrected chi connectivity index (χ0v) is 6.10. The fourth-order valence-corrected chi connectivity index (χ4v) is 0.445. The van der Waals surface area contributed by atoms with Crippen LogP contribution in [0.25, 0.3) is 0 Å². The predicted molar refractivity (Wildman–Crippen MR) is 38.6 cm³/mol. The summed E-state index contributed by atoms with van der Waals surface area (Å²) in [5, 5.41) is 16.6. The first-order valence-electron chi connectivity index (χ1n) is 2.78. The molecule has 0 fully saturated rings. The fourth-order valence-electron chi connectivity index (χ4n) is 0.445. The minimum absolute atomic E-state index is 0. The van der Waals surface area contributed by atoms with E-state index in [1.165, 1.54) is 0 Å². The van der Waals surface area contributed by atoms with Gasteiger partial charge in [0.2, 0.25) is 0 Å². The summed E-state index contributed by atoms with van der Waals surface area (Å²) < 4.78 is 0. The summed E-state index contributed by atoms with van der Waals surface area (Å²) in [5.41, 5.74) is 5.30. The molecule has 0 aromatic heterocycles. The molecule has 1 atom stereocenters. The Morgan fingerprint density at radius 2 is 1.89 bits per heavy atom. The Hall–Kier alpha value is 0.170. The molecule has 0 aliphatic rings. The van der Waals surface area contributed by atoms with Crippen LogP contribution in [0.2, 0.25) is 0 Å². The summed E-state index contributed by atoms with van der Waals surface area (Å²) in [6, 6.07) is -0.151. The van der Waals surface area contributed by atoms with Crippen molar-refractivity contribution in [2.24, 2.45) is 5.73 Å². The van der Waals surface area contributed by atoms with Gasteiger partial charge in [-0.3, -0.25) is 0 Å². The Labute approximate surface area is 61.3 Å². The minimum Gasteiger partial charge on any atom is -0.396 e. The molecular formula is C5H14ClNO2. The minimum atomic E-state index is -0.151. The highest BCUT2D eigenvalue weighted by atomic mass is 35.5. The van der Waals surface area contributed by atoms with Gasteiger partial charge in [-0.2, -0.15) is 0 Å². The van der Waals surface area contributed by atoms with Crippen LogP contribution in [0.3, 0.4) is 0 Å². The van der Waals surface area contributed by atoms with Gasteiger partial charge in [-0.1, -0.05) is 0 Å². The lowest BCUT2D eigenvalue weighted by Gasteiger charge is -2.03. The van der Waals surface area contributed by atoms with E-state index >= 15 is 0 Å². The number of hydrogen-bond acceptors (Lipinski definition) is 3. The molecule has 4 N–H and O–H groups in total. The zero-order chi connectivity index (χ0) is 6.41. The van der Waals surface area contributed by atoms with Crippen molar-refractivity contribution in [1.29, 1.82) is 0 Å². The van der Waals surface area contributed by atoms with Gasteiger partial charge < -0.3 is 15.9 Å². The molecule has 0 aliphatic carbocycles. The van der Waals surface area contributed by atoms with E-state index in [-0.39, 0.29) is 31.7 Å². The molecule has 58 valence electrons. The maximum atomic E-state index is 8.35. The lowest BCUT2D eigenvalue weighted by atomic mass is 10.2. The molecule has 0 rings (SSSR count). The molecule has 0 heterocycles. The number of aliphatic hydroxyl groups excluding tert-OH is 2. The van der Waals surface area contributed by atoms with Crippen LogP contribution < -0.4 is 5.73 Å². The van der Waals surface area contributed by atoms with E-state index in [9.17, 15) is 0 Å². The number of aliphatic hydroxyl groups is 2. The quantitative estimate of drug-likeness (QED) is 0.513. The SMILES string of the molecule is Cl.N[C@@H](CO)CCCO. The molecule has 0 saturated heterocycles. The van der Waals surface area contributed by atoms with Crippen molar-refractivity contribution >= 4 is 12.4 Å². The van der Waals surface area contributed by atoms with Crippen LogP contribution in [0.1, 0.15) is 12.8 Å². The van der Waals surface area contributed by atoms with Crippen LogP contribution >= 0.6 is 12.4 Å². The number of halogens is 1. The van der Waals surface area contributed by atoms with Gasteiger partial charge in [0.1, 0.15) is 0 Å². The predicted octanol–water partition coefficient (Wildman–Crippen LogP) is -0.500. The first-order chi connectivity index (χ1) is 3.81. The summed E-state index contributed by atoms with van der Waals surface area (Å²) >= 11 is 0. The normalized spacial score (nSPS) is 12.3. The second-order valence-corrected chi connectivity index (χ2v) is 1.81. The Balaban J connectivity index is 0. The maximum absolute atomic E-state index is 8.35. The third kappa shape index (κ3) is 8.17. The van der Waals surface area contributed by atoms with Gasteiger partial charge in [-0.05, 0) is 12.8 Å². The fraction of sp³-hybridized carbons (Fsp3) is 1.00. The molecule has 0 amide bonds. The summed E-state index contributed by atoms with van der Waals surface area (Å²) in [7, 11) is 0. The molecule has 0 saturated carbocycles. The van der Waals surface area contributed by atoms with Crippen LogP contribution in [-0.2, 0) is 0 Å². The first-order valence-corrected chi connectivity index (χ1v) is 2.78. The average Bonchev–Trinajstić information content (AvgIpc) is 1.83. The Morgan fingerprint density at radius 1 is 1.33 bits per heavy atom. The second kappa shape index (κ2) is 8.17. The van der Waals surface area contributed by atoms with Crippen LogP contribution in [0.15, 0.2) is 0 Å². The smallest absolute Gasteiger partial charge is 0.0582 e. The molecule has 4 heteroatoms. The lowest BCUT2D eigenvalue weighted by Crippen LogP contribution is -2.24. The highest BCUT2D eigenvalue weighted by Crippen LogP contribution is 1.90. The van der Waals surface area contributed by atoms with E-state index in [1.807, 2.05) is 0 Å². The van der Waals surface area contributed by atoms with Crippen molar-refractivity contribution in [2.45, 2.75) is 18.9 Å². The lowest BCUT2D eigenvalue weighted by molar-refractivity contribution is 0.238. The van der Waals surface area contributed by atoms with Crippen LogP contribution in [0, 0.1) is 0 Å². The molecule has 0 aromatic carbocycles. The van der Waals surface area contributed by atoms with Gasteiger partial charge >= 0.3 is 0 Å². The third-order valence-electron chi connectivity index (χ3n) is 0.968. The standard InChI is InChI=1S/C5H13NO2.ClH/c6-5(4-8)2-1-3-7;/h5,7-8H,1-4,6H2;1H/t5-;/m1./s1. The zero-order valence-electron chi connectivity index (χ0n) is 5.29. The Bertz CT molecular complexity index is 54.2. The van der Waals surface area contributed by atoms with Crippen molar-refractivity contribution in [1.82, 2.24) is 0 Å². The molecule has 0 spiro atoms. The topological polar surface area (TPSA) is 66.5 Å². The van der Waals surface area contributed by atoms with E-state index in [4.69, 9.17) is 15.9 Å². The molecule has 0 radical (unpaired) electrons. The van der Waals surface area contributed by atoms with E-state index in [2.05, 4.69) is 0 Å². The Morgan fingerprint density at radius 3 is 2.22 bits per heavy atom. The molecular weight excluding hydrogens is 142 g/mol. The van der Waals surface area contributed by atoms with Gasteiger partial charge in [-0.15, -0.1) is 12.4 Å². The molecule has 0 unspecified atom stereocenters. The van der Waals surface area contributed by atoms with E-state index in [0.717, 1.165) is 0 Å². The molecule has 3 nitrogen and oxygen atoms in total. The number of hydrogen-bond donors (Lipinski definition) is 3. The van der Waals surface area contributed by atoms with E-state index in [0.29, 0.717) is 12.8 Å². The van der Waals surface area contributed by atoms with Crippen molar-refractivity contribution in [2.75, 3.05) is 13.2 Å². The van der Waals surface area contributed by atoms with Crippen molar-refractivity contribution in [3.8, 4) is 0 Å². The molecule has 0 aromatic rings. The monoisotopic (exact) mass is 155 g/mol. The van der Waals surface area contributed by atoms with E-state index < -0.39 is 0 Å². The Kier molecular flexibility index (Phi) is 10.8. The first kappa shape index (κ1) is 11.9. The third-order valence-corrected chi connectivity index (χ3v) is 0.968. The maximum Gasteiger partial charge on any atom is 0.0582 e. The molecule has 0 aliphatic heterocycles. The highest BCUT2D eigenvalue weighted by Gasteiger charge is 1.96. The summed E-state index contributed by atoms with van der Waals surface area (Å²) in [5.74, 6) is 0. The van der Waals surface area contributed by atoms with Crippen molar-refractivity contribution in [3.05, 3.63) is 0 Å². The van der Waals surface area contributed by atoms with Gasteiger partial charge in [0.05, 0.1) is 6.61 Å². The largest absolute Gasteiger partial charge is 0.396 e. The number of rotatable bonds is 4. The number of nitrogens with two attached hydrogens (primary N) is 1. The van der Waals surface area contributed by atoms with Crippen molar-refractivity contribution < 1.29 is 10.2 Å². The molecule has 9 heavy (non-hydrogen) atoms. The van der Waals surface area contributed by atoms with Gasteiger partial charge in [0.15, 0.2) is 0 Å². The summed E-state index contributed by atoms with van der Waals surface area (Å²) in [6.45, 7) is 0.174. The van der Waals surface area contributed by atoms with Crippen LogP contribution in [0.5, 0.6) is 0 Å². The van der Waals surface area contributed by atoms with Gasteiger partial charge in [0.25, 0.3) is 0 Å². The van der Waals surface area contributed by atoms with Crippen molar-refractivity contribution in [3.63, 3.8) is 0 Å². The average molecular weight is 156 g/mol.